The Bertz CT molecular complexity index is 987. The molecule has 6 nitrogen and oxygen atoms in total. The maximum atomic E-state index is 12.6. The fourth-order valence-corrected chi connectivity index (χ4v) is 5.71. The predicted octanol–water partition coefficient (Wildman–Crippen LogP) is 8.89. The van der Waals surface area contributed by atoms with Gasteiger partial charge in [-0.15, -0.1) is 0 Å². The van der Waals surface area contributed by atoms with E-state index in [0.29, 0.717) is 26.1 Å². The van der Waals surface area contributed by atoms with Crippen LogP contribution in [0.4, 0.5) is 0 Å². The van der Waals surface area contributed by atoms with E-state index >= 15 is 0 Å². The largest absolute Gasteiger partial charge is 0.369 e. The van der Waals surface area contributed by atoms with Crippen molar-refractivity contribution in [2.24, 2.45) is 0 Å². The summed E-state index contributed by atoms with van der Waals surface area (Å²) in [6.45, 7) is 16.4. The number of hydrogen-bond donors (Lipinski definition) is 0. The summed E-state index contributed by atoms with van der Waals surface area (Å²) in [5, 5.41) is 0. The van der Waals surface area contributed by atoms with E-state index in [1.807, 2.05) is 24.3 Å². The maximum absolute atomic E-state index is 12.6. The van der Waals surface area contributed by atoms with Crippen LogP contribution in [0.1, 0.15) is 116 Å². The normalized spacial score (nSPS) is 11.5. The highest BCUT2D eigenvalue weighted by Crippen LogP contribution is 2.28. The molecule has 0 N–H and O–H groups in total. The summed E-state index contributed by atoms with van der Waals surface area (Å²) in [5.74, 6) is 0.327. The van der Waals surface area contributed by atoms with Gasteiger partial charge in [0.05, 0.1) is 13.2 Å². The molecule has 0 aliphatic carbocycles. The van der Waals surface area contributed by atoms with Crippen LogP contribution < -0.4 is 0 Å². The second-order valence-corrected chi connectivity index (χ2v) is 12.7. The van der Waals surface area contributed by atoms with Crippen LogP contribution >= 0.6 is 0 Å². The average molecular weight is 637 g/mol. The Morgan fingerprint density at radius 3 is 1.17 bits per heavy atom. The van der Waals surface area contributed by atoms with E-state index in [4.69, 9.17) is 9.47 Å². The molecule has 2 rings (SSSR count). The molecule has 0 aliphatic rings. The van der Waals surface area contributed by atoms with E-state index in [9.17, 15) is 9.59 Å². The molecular weight excluding hydrogens is 572 g/mol. The first kappa shape index (κ1) is 39.8. The van der Waals surface area contributed by atoms with Crippen molar-refractivity contribution in [2.45, 2.75) is 118 Å². The Kier molecular flexibility index (Phi) is 22.2. The number of nitrogens with zero attached hydrogens (tertiary/aromatic N) is 2. The number of Topliss-reactive ketones (excluding diaryl/α,β-unsaturated/α-hetero) is 2. The Hall–Kier alpha value is -2.38. The lowest BCUT2D eigenvalue weighted by atomic mass is 9.96. The first-order valence-electron chi connectivity index (χ1n) is 18.3. The molecule has 6 heteroatoms. The highest BCUT2D eigenvalue weighted by molar-refractivity contribution is 5.80. The van der Waals surface area contributed by atoms with Crippen molar-refractivity contribution in [3.63, 3.8) is 0 Å². The van der Waals surface area contributed by atoms with Gasteiger partial charge in [0.2, 0.25) is 0 Å². The highest BCUT2D eigenvalue weighted by atomic mass is 16.5. The number of carbonyl (C=O) groups is 2. The van der Waals surface area contributed by atoms with E-state index in [1.165, 1.54) is 51.4 Å². The molecule has 0 atom stereocenters. The Morgan fingerprint density at radius 1 is 0.500 bits per heavy atom. The van der Waals surface area contributed by atoms with Crippen molar-refractivity contribution in [3.05, 3.63) is 59.7 Å². The third-order valence-electron chi connectivity index (χ3n) is 8.54. The molecule has 46 heavy (non-hydrogen) atoms. The highest BCUT2D eigenvalue weighted by Gasteiger charge is 2.13. The molecule has 0 saturated heterocycles. The Morgan fingerprint density at radius 2 is 0.826 bits per heavy atom. The van der Waals surface area contributed by atoms with E-state index in [2.05, 4.69) is 61.8 Å². The van der Waals surface area contributed by atoms with Gasteiger partial charge in [-0.2, -0.15) is 0 Å². The number of carbonyl (C=O) groups excluding carboxylic acids is 2. The minimum absolute atomic E-state index is 0.139. The zero-order valence-electron chi connectivity index (χ0n) is 29.7. The lowest BCUT2D eigenvalue weighted by molar-refractivity contribution is -0.124. The molecule has 0 bridgehead atoms. The van der Waals surface area contributed by atoms with Crippen LogP contribution in [0.5, 0.6) is 0 Å². The molecule has 0 radical (unpaired) electrons. The lowest BCUT2D eigenvalue weighted by Gasteiger charge is -2.21. The fraction of sp³-hybridized carbons (Fsp3) is 0.650. The quantitative estimate of drug-likeness (QED) is 0.0889. The van der Waals surface area contributed by atoms with Crippen LogP contribution in [0.25, 0.3) is 11.1 Å². The van der Waals surface area contributed by atoms with E-state index in [1.54, 1.807) is 0 Å². The first-order chi connectivity index (χ1) is 22.5. The number of ether oxygens (including phenoxy) is 2. The smallest absolute Gasteiger partial charge is 0.158 e. The van der Waals surface area contributed by atoms with Gasteiger partial charge < -0.3 is 19.3 Å². The molecule has 2 aromatic rings. The number of rotatable bonds is 29. The van der Waals surface area contributed by atoms with Crippen molar-refractivity contribution in [3.8, 4) is 11.1 Å². The van der Waals surface area contributed by atoms with Crippen LogP contribution in [0.3, 0.4) is 0 Å². The van der Waals surface area contributed by atoms with Crippen molar-refractivity contribution in [2.75, 3.05) is 52.5 Å². The molecule has 258 valence electrons. The zero-order chi connectivity index (χ0) is 33.2. The lowest BCUT2D eigenvalue weighted by Crippen LogP contribution is -2.27. The zero-order valence-corrected chi connectivity index (χ0v) is 29.7. The van der Waals surface area contributed by atoms with Gasteiger partial charge in [-0.1, -0.05) is 102 Å². The van der Waals surface area contributed by atoms with Gasteiger partial charge in [-0.25, -0.2) is 0 Å². The molecule has 0 unspecified atom stereocenters. The summed E-state index contributed by atoms with van der Waals surface area (Å²) in [5.41, 5.74) is 4.23. The Labute approximate surface area is 281 Å². The van der Waals surface area contributed by atoms with Crippen LogP contribution in [-0.4, -0.2) is 73.8 Å². The van der Waals surface area contributed by atoms with E-state index in [-0.39, 0.29) is 24.8 Å². The van der Waals surface area contributed by atoms with Gasteiger partial charge in [0.25, 0.3) is 0 Å². The first-order valence-corrected chi connectivity index (χ1v) is 18.3. The predicted molar refractivity (Wildman–Crippen MR) is 192 cm³/mol. The van der Waals surface area contributed by atoms with E-state index in [0.717, 1.165) is 74.4 Å². The molecule has 0 aromatic heterocycles. The van der Waals surface area contributed by atoms with Gasteiger partial charge in [0.1, 0.15) is 13.2 Å². The summed E-state index contributed by atoms with van der Waals surface area (Å²) in [6.07, 6.45) is 12.5. The maximum Gasteiger partial charge on any atom is 0.158 e. The second-order valence-electron chi connectivity index (χ2n) is 12.7. The van der Waals surface area contributed by atoms with Gasteiger partial charge in [0.15, 0.2) is 11.6 Å². The Balaban J connectivity index is 1.83. The second kappa shape index (κ2) is 25.7. The molecule has 0 heterocycles. The van der Waals surface area contributed by atoms with Crippen LogP contribution in [0, 0.1) is 0 Å². The summed E-state index contributed by atoms with van der Waals surface area (Å²) in [4.78, 5) is 30.2. The molecule has 0 fully saturated rings. The van der Waals surface area contributed by atoms with Crippen molar-refractivity contribution < 1.29 is 19.1 Å². The van der Waals surface area contributed by atoms with Gasteiger partial charge in [-0.3, -0.25) is 9.59 Å². The van der Waals surface area contributed by atoms with Crippen molar-refractivity contribution in [1.82, 2.24) is 9.80 Å². The summed E-state index contributed by atoms with van der Waals surface area (Å²) >= 11 is 0. The molecule has 0 spiro atoms. The van der Waals surface area contributed by atoms with Gasteiger partial charge >= 0.3 is 0 Å². The standard InChI is InChI=1S/C40H64N2O4/c1-5-9-25-41(26-10-6-2)29-17-21-37(43)33-45-31-35-19-13-15-23-39(35)40-24-16-14-20-36(40)32-46-34-38(44)22-18-30-42(27-11-7-3)28-12-8-4/h13-16,19-20,23-24H,5-12,17-18,21-22,25-34H2,1-4H3. The summed E-state index contributed by atoms with van der Waals surface area (Å²) in [6, 6.07) is 16.4. The van der Waals surface area contributed by atoms with Crippen molar-refractivity contribution in [1.29, 1.82) is 0 Å². The SMILES string of the molecule is CCCCN(CCCC)CCCC(=O)COCc1ccccc1-c1ccccc1COCC(=O)CCCN(CCCC)CCCC. The minimum atomic E-state index is 0.139. The van der Waals surface area contributed by atoms with Gasteiger partial charge in [-0.05, 0) is 100 Å². The summed E-state index contributed by atoms with van der Waals surface area (Å²) in [7, 11) is 0. The number of hydrogen-bond acceptors (Lipinski definition) is 6. The molecule has 0 saturated carbocycles. The third kappa shape index (κ3) is 17.0. The minimum Gasteiger partial charge on any atom is -0.369 e. The van der Waals surface area contributed by atoms with Crippen LogP contribution in [0.2, 0.25) is 0 Å². The van der Waals surface area contributed by atoms with Gasteiger partial charge in [0, 0.05) is 12.8 Å². The summed E-state index contributed by atoms with van der Waals surface area (Å²) < 4.78 is 11.9. The molecule has 0 amide bonds. The number of unbranched alkanes of at least 4 members (excludes halogenated alkanes) is 4. The average Bonchev–Trinajstić information content (AvgIpc) is 3.07. The van der Waals surface area contributed by atoms with Crippen molar-refractivity contribution >= 4 is 11.6 Å². The van der Waals surface area contributed by atoms with Crippen LogP contribution in [0.15, 0.2) is 48.5 Å². The topological polar surface area (TPSA) is 59.1 Å². The molecule has 0 aliphatic heterocycles. The monoisotopic (exact) mass is 636 g/mol. The molecule has 2 aromatic carbocycles. The van der Waals surface area contributed by atoms with Crippen LogP contribution in [-0.2, 0) is 32.3 Å². The fourth-order valence-electron chi connectivity index (χ4n) is 5.71. The molecular formula is C40H64N2O4. The third-order valence-corrected chi connectivity index (χ3v) is 8.54. The van der Waals surface area contributed by atoms with E-state index < -0.39 is 0 Å². The number of ketones is 2. The number of benzene rings is 2.